The number of unbranched alkanes of at least 4 members (excludes halogenated alkanes) is 12. The highest BCUT2D eigenvalue weighted by Crippen LogP contribution is 2.16. The van der Waals surface area contributed by atoms with Gasteiger partial charge in [0.25, 0.3) is 0 Å². The molecule has 1 saturated heterocycles. The van der Waals surface area contributed by atoms with Crippen LogP contribution in [-0.4, -0.2) is 42.1 Å². The molecule has 1 rings (SSSR count). The second kappa shape index (κ2) is 21.0. The molecule has 5 heteroatoms. The lowest BCUT2D eigenvalue weighted by atomic mass is 10.0. The van der Waals surface area contributed by atoms with Crippen molar-refractivity contribution >= 4 is 17.7 Å². The molecule has 1 heterocycles. The van der Waals surface area contributed by atoms with E-state index in [4.69, 9.17) is 14.6 Å². The second-order valence-electron chi connectivity index (χ2n) is 8.37. The Morgan fingerprint density at radius 3 is 1.90 bits per heavy atom. The molecule has 0 spiro atoms. The van der Waals surface area contributed by atoms with Crippen LogP contribution in [0.15, 0.2) is 0 Å². The highest BCUT2D eigenvalue weighted by atomic mass is 32.2. The van der Waals surface area contributed by atoms with E-state index in [-0.39, 0.29) is 6.29 Å². The van der Waals surface area contributed by atoms with E-state index >= 15 is 0 Å². The first-order valence-corrected chi connectivity index (χ1v) is 13.5. The number of hydrogen-bond acceptors (Lipinski definition) is 4. The van der Waals surface area contributed by atoms with Crippen molar-refractivity contribution in [3.8, 4) is 0 Å². The molecule has 1 aliphatic rings. The zero-order valence-corrected chi connectivity index (χ0v) is 19.5. The lowest BCUT2D eigenvalue weighted by Crippen LogP contribution is -2.22. The summed E-state index contributed by atoms with van der Waals surface area (Å²) in [5, 5.41) is 8.59. The van der Waals surface area contributed by atoms with Gasteiger partial charge in [-0.2, -0.15) is 11.8 Å². The fraction of sp³-hybridized carbons (Fsp3) is 0.958. The van der Waals surface area contributed by atoms with Crippen LogP contribution < -0.4 is 0 Å². The van der Waals surface area contributed by atoms with Crippen LogP contribution >= 0.6 is 11.8 Å². The maximum absolute atomic E-state index is 10.4. The molecule has 1 N–H and O–H groups in total. The molecule has 1 unspecified atom stereocenters. The van der Waals surface area contributed by atoms with Gasteiger partial charge in [-0.25, -0.2) is 0 Å². The molecule has 1 atom stereocenters. The maximum Gasteiger partial charge on any atom is 0.303 e. The molecule has 172 valence electrons. The Kier molecular flexibility index (Phi) is 19.4. The fourth-order valence-corrected chi connectivity index (χ4v) is 4.68. The number of thioether (sulfide) groups is 1. The molecular weight excluding hydrogens is 384 g/mol. The number of carboxylic acid groups (broad SMARTS) is 1. The van der Waals surface area contributed by atoms with Gasteiger partial charge < -0.3 is 14.6 Å². The third kappa shape index (κ3) is 19.4. The van der Waals surface area contributed by atoms with Crippen LogP contribution in [0.2, 0.25) is 0 Å². The minimum Gasteiger partial charge on any atom is -0.481 e. The SMILES string of the molecule is O=C(O)CCCCCCCCCCCCCCCSCCCOC1CCCCO1. The van der Waals surface area contributed by atoms with E-state index in [1.807, 2.05) is 0 Å². The number of carboxylic acids is 1. The van der Waals surface area contributed by atoms with Crippen LogP contribution in [0, 0.1) is 0 Å². The number of hydrogen-bond donors (Lipinski definition) is 1. The maximum atomic E-state index is 10.4. The predicted octanol–water partition coefficient (Wildman–Crippen LogP) is 7.20. The van der Waals surface area contributed by atoms with Crippen LogP contribution in [0.5, 0.6) is 0 Å². The second-order valence-corrected chi connectivity index (χ2v) is 9.60. The van der Waals surface area contributed by atoms with Crippen LogP contribution in [0.1, 0.15) is 116 Å². The summed E-state index contributed by atoms with van der Waals surface area (Å²) in [7, 11) is 0. The largest absolute Gasteiger partial charge is 0.481 e. The van der Waals surface area contributed by atoms with E-state index in [0.29, 0.717) is 6.42 Å². The summed E-state index contributed by atoms with van der Waals surface area (Å²) in [4.78, 5) is 10.4. The van der Waals surface area contributed by atoms with Crippen LogP contribution in [0.3, 0.4) is 0 Å². The van der Waals surface area contributed by atoms with E-state index in [0.717, 1.165) is 38.9 Å². The smallest absolute Gasteiger partial charge is 0.303 e. The van der Waals surface area contributed by atoms with Gasteiger partial charge in [-0.15, -0.1) is 0 Å². The van der Waals surface area contributed by atoms with E-state index in [1.165, 1.54) is 95.0 Å². The van der Waals surface area contributed by atoms with Gasteiger partial charge in [-0.3, -0.25) is 4.79 Å². The van der Waals surface area contributed by atoms with Gasteiger partial charge in [0, 0.05) is 13.0 Å². The van der Waals surface area contributed by atoms with Crippen molar-refractivity contribution in [2.24, 2.45) is 0 Å². The van der Waals surface area contributed by atoms with Crippen molar-refractivity contribution in [1.82, 2.24) is 0 Å². The standard InChI is InChI=1S/C24H46O4S/c25-23(26)17-12-10-8-6-4-2-1-3-5-7-9-11-15-21-29-22-16-20-28-24-18-13-14-19-27-24/h24H,1-22H2,(H,25,26). The van der Waals surface area contributed by atoms with Gasteiger partial charge in [-0.1, -0.05) is 70.6 Å². The zero-order chi connectivity index (χ0) is 20.8. The minimum absolute atomic E-state index is 0.0733. The third-order valence-corrected chi connectivity index (χ3v) is 6.71. The van der Waals surface area contributed by atoms with Crippen molar-refractivity contribution in [3.63, 3.8) is 0 Å². The van der Waals surface area contributed by atoms with Crippen LogP contribution in [0.4, 0.5) is 0 Å². The molecule has 1 aliphatic heterocycles. The number of ether oxygens (including phenoxy) is 2. The van der Waals surface area contributed by atoms with E-state index in [9.17, 15) is 4.79 Å². The molecule has 4 nitrogen and oxygen atoms in total. The monoisotopic (exact) mass is 430 g/mol. The van der Waals surface area contributed by atoms with Gasteiger partial charge in [0.2, 0.25) is 0 Å². The van der Waals surface area contributed by atoms with Gasteiger partial charge in [-0.05, 0) is 50.0 Å². The summed E-state index contributed by atoms with van der Waals surface area (Å²) in [6, 6.07) is 0. The summed E-state index contributed by atoms with van der Waals surface area (Å²) in [5.74, 6) is 1.86. The predicted molar refractivity (Wildman–Crippen MR) is 124 cm³/mol. The van der Waals surface area contributed by atoms with E-state index in [2.05, 4.69) is 11.8 Å². The Hall–Kier alpha value is -0.260. The van der Waals surface area contributed by atoms with E-state index in [1.54, 1.807) is 0 Å². The third-order valence-electron chi connectivity index (χ3n) is 5.55. The van der Waals surface area contributed by atoms with Gasteiger partial charge in [0.1, 0.15) is 0 Å². The summed E-state index contributed by atoms with van der Waals surface area (Å²) in [6.07, 6.45) is 21.8. The molecule has 0 amide bonds. The molecule has 0 saturated carbocycles. The average Bonchev–Trinajstić information content (AvgIpc) is 2.73. The molecule has 0 aromatic carbocycles. The highest BCUT2D eigenvalue weighted by Gasteiger charge is 2.13. The Labute approximate surface area is 183 Å². The first-order chi connectivity index (χ1) is 14.3. The van der Waals surface area contributed by atoms with Crippen molar-refractivity contribution in [3.05, 3.63) is 0 Å². The Morgan fingerprint density at radius 2 is 1.34 bits per heavy atom. The number of carbonyl (C=O) groups is 1. The summed E-state index contributed by atoms with van der Waals surface area (Å²) in [5.41, 5.74) is 0. The van der Waals surface area contributed by atoms with Crippen molar-refractivity contribution < 1.29 is 19.4 Å². The van der Waals surface area contributed by atoms with Crippen molar-refractivity contribution in [2.75, 3.05) is 24.7 Å². The molecule has 0 bridgehead atoms. The van der Waals surface area contributed by atoms with E-state index < -0.39 is 5.97 Å². The van der Waals surface area contributed by atoms with Gasteiger partial charge in [0.15, 0.2) is 6.29 Å². The molecule has 0 radical (unpaired) electrons. The van der Waals surface area contributed by atoms with Crippen LogP contribution in [-0.2, 0) is 14.3 Å². The molecule has 0 aromatic heterocycles. The molecular formula is C24H46O4S. The average molecular weight is 431 g/mol. The quantitative estimate of drug-likeness (QED) is 0.195. The van der Waals surface area contributed by atoms with Gasteiger partial charge >= 0.3 is 5.97 Å². The summed E-state index contributed by atoms with van der Waals surface area (Å²) in [6.45, 7) is 1.72. The first kappa shape index (κ1) is 26.8. The summed E-state index contributed by atoms with van der Waals surface area (Å²) < 4.78 is 11.3. The Balaban J connectivity index is 1.64. The molecule has 1 fully saturated rings. The number of aliphatic carboxylic acids is 1. The molecule has 29 heavy (non-hydrogen) atoms. The zero-order valence-electron chi connectivity index (χ0n) is 18.7. The van der Waals surface area contributed by atoms with Gasteiger partial charge in [0.05, 0.1) is 6.61 Å². The van der Waals surface area contributed by atoms with Crippen molar-refractivity contribution in [2.45, 2.75) is 122 Å². The Bertz CT molecular complexity index is 359. The van der Waals surface area contributed by atoms with Crippen molar-refractivity contribution in [1.29, 1.82) is 0 Å². The minimum atomic E-state index is -0.658. The van der Waals surface area contributed by atoms with Crippen LogP contribution in [0.25, 0.3) is 0 Å². The summed E-state index contributed by atoms with van der Waals surface area (Å²) >= 11 is 2.08. The molecule has 0 aliphatic carbocycles. The lowest BCUT2D eigenvalue weighted by molar-refractivity contribution is -0.162. The first-order valence-electron chi connectivity index (χ1n) is 12.3. The topological polar surface area (TPSA) is 55.8 Å². The highest BCUT2D eigenvalue weighted by molar-refractivity contribution is 7.99. The number of rotatable bonds is 21. The fourth-order valence-electron chi connectivity index (χ4n) is 3.75. The lowest BCUT2D eigenvalue weighted by Gasteiger charge is -2.22. The molecule has 0 aromatic rings. The normalized spacial score (nSPS) is 16.9. The Morgan fingerprint density at radius 1 is 0.793 bits per heavy atom.